The third-order valence-corrected chi connectivity index (χ3v) is 5.86. The minimum atomic E-state index is -3.64. The second kappa shape index (κ2) is 7.91. The van der Waals surface area contributed by atoms with Crippen LogP contribution >= 0.6 is 0 Å². The standard InChI is InChI=1S/C17H28N4O4S/c1-17(2,18)12-19-16(22)14-11-13(26(23,24)20(3)4)5-6-15(14)21-7-9-25-10-8-21/h5-6,11H,7-10,12,18H2,1-4H3,(H,19,22). The SMILES string of the molecule is CN(C)S(=O)(=O)c1ccc(N2CCOCC2)c(C(=O)NCC(C)(C)N)c1. The minimum absolute atomic E-state index is 0.0802. The number of anilines is 1. The van der Waals surface area contributed by atoms with E-state index in [2.05, 4.69) is 5.32 Å². The molecule has 0 atom stereocenters. The summed E-state index contributed by atoms with van der Waals surface area (Å²) in [6, 6.07) is 4.65. The van der Waals surface area contributed by atoms with Gasteiger partial charge < -0.3 is 20.7 Å². The van der Waals surface area contributed by atoms with E-state index in [4.69, 9.17) is 10.5 Å². The monoisotopic (exact) mass is 384 g/mol. The van der Waals surface area contributed by atoms with Gasteiger partial charge >= 0.3 is 0 Å². The molecule has 1 aliphatic heterocycles. The summed E-state index contributed by atoms with van der Waals surface area (Å²) in [6.45, 7) is 6.30. The van der Waals surface area contributed by atoms with Crippen molar-refractivity contribution < 1.29 is 17.9 Å². The molecule has 0 spiro atoms. The number of amides is 1. The first-order chi connectivity index (χ1) is 12.0. The smallest absolute Gasteiger partial charge is 0.253 e. The Morgan fingerprint density at radius 3 is 2.46 bits per heavy atom. The average Bonchev–Trinajstić information content (AvgIpc) is 2.59. The lowest BCUT2D eigenvalue weighted by molar-refractivity contribution is 0.0944. The summed E-state index contributed by atoms with van der Waals surface area (Å²) in [5.41, 5.74) is 6.38. The first-order valence-electron chi connectivity index (χ1n) is 8.49. The van der Waals surface area contributed by atoms with Crippen molar-refractivity contribution in [2.75, 3.05) is 51.8 Å². The normalized spacial score (nSPS) is 16.0. The number of nitrogens with one attached hydrogen (secondary N) is 1. The van der Waals surface area contributed by atoms with E-state index in [0.717, 1.165) is 4.31 Å². The van der Waals surface area contributed by atoms with Crippen molar-refractivity contribution in [1.29, 1.82) is 0 Å². The maximum Gasteiger partial charge on any atom is 0.253 e. The third kappa shape index (κ3) is 4.94. The molecule has 146 valence electrons. The van der Waals surface area contributed by atoms with Gasteiger partial charge in [-0.15, -0.1) is 0 Å². The highest BCUT2D eigenvalue weighted by Gasteiger charge is 2.25. The number of nitrogens with zero attached hydrogens (tertiary/aromatic N) is 2. The Kier molecular flexibility index (Phi) is 6.28. The predicted octanol–water partition coefficient (Wildman–Crippen LogP) is 0.241. The first kappa shape index (κ1) is 20.6. The maximum atomic E-state index is 12.8. The van der Waals surface area contributed by atoms with E-state index >= 15 is 0 Å². The number of carbonyl (C=O) groups excluding carboxylic acids is 1. The molecule has 0 bridgehead atoms. The number of hydrogen-bond donors (Lipinski definition) is 2. The Hall–Kier alpha value is -1.68. The molecular formula is C17H28N4O4S. The Balaban J connectivity index is 2.43. The lowest BCUT2D eigenvalue weighted by Crippen LogP contribution is -2.45. The molecular weight excluding hydrogens is 356 g/mol. The molecule has 0 radical (unpaired) electrons. The van der Waals surface area contributed by atoms with Gasteiger partial charge in [0.05, 0.1) is 23.7 Å². The van der Waals surface area contributed by atoms with Crippen molar-refractivity contribution in [3.63, 3.8) is 0 Å². The molecule has 3 N–H and O–H groups in total. The molecule has 8 nitrogen and oxygen atoms in total. The molecule has 1 amide bonds. The molecule has 0 aliphatic carbocycles. The van der Waals surface area contributed by atoms with Gasteiger partial charge in [-0.3, -0.25) is 4.79 Å². The van der Waals surface area contributed by atoms with Gasteiger partial charge in [-0.1, -0.05) is 0 Å². The third-order valence-electron chi connectivity index (χ3n) is 4.05. The lowest BCUT2D eigenvalue weighted by atomic mass is 10.1. The second-order valence-corrected chi connectivity index (χ2v) is 9.39. The van der Waals surface area contributed by atoms with Gasteiger partial charge in [0.1, 0.15) is 0 Å². The van der Waals surface area contributed by atoms with Gasteiger partial charge in [0.25, 0.3) is 5.91 Å². The summed E-state index contributed by atoms with van der Waals surface area (Å²) >= 11 is 0. The van der Waals surface area contributed by atoms with Crippen LogP contribution in [0.5, 0.6) is 0 Å². The molecule has 0 unspecified atom stereocenters. The number of benzene rings is 1. The van der Waals surface area contributed by atoms with Gasteiger partial charge in [0, 0.05) is 45.0 Å². The molecule has 0 aromatic heterocycles. The van der Waals surface area contributed by atoms with Gasteiger partial charge in [-0.25, -0.2) is 12.7 Å². The summed E-state index contributed by atoms with van der Waals surface area (Å²) in [6.07, 6.45) is 0. The van der Waals surface area contributed by atoms with Gasteiger partial charge in [-0.05, 0) is 32.0 Å². The Bertz CT molecular complexity index is 751. The van der Waals surface area contributed by atoms with E-state index in [1.54, 1.807) is 6.07 Å². The molecule has 0 saturated carbocycles. The van der Waals surface area contributed by atoms with Crippen LogP contribution in [0.2, 0.25) is 0 Å². The van der Waals surface area contributed by atoms with Crippen molar-refractivity contribution in [3.8, 4) is 0 Å². The molecule has 1 saturated heterocycles. The van der Waals surface area contributed by atoms with Crippen molar-refractivity contribution in [2.45, 2.75) is 24.3 Å². The number of morpholine rings is 1. The van der Waals surface area contributed by atoms with E-state index in [1.807, 2.05) is 18.7 Å². The molecule has 1 heterocycles. The number of hydrogen-bond acceptors (Lipinski definition) is 6. The zero-order valence-corrected chi connectivity index (χ0v) is 16.6. The Labute approximate surface area is 155 Å². The molecule has 9 heteroatoms. The minimum Gasteiger partial charge on any atom is -0.378 e. The van der Waals surface area contributed by atoms with Crippen LogP contribution in [-0.4, -0.2) is 71.1 Å². The van der Waals surface area contributed by atoms with Crippen LogP contribution < -0.4 is 16.0 Å². The van der Waals surface area contributed by atoms with Crippen LogP contribution in [0.3, 0.4) is 0 Å². The summed E-state index contributed by atoms with van der Waals surface area (Å²) < 4.78 is 31.4. The van der Waals surface area contributed by atoms with E-state index < -0.39 is 15.6 Å². The predicted molar refractivity (Wildman–Crippen MR) is 101 cm³/mol. The van der Waals surface area contributed by atoms with E-state index in [9.17, 15) is 13.2 Å². The molecule has 1 fully saturated rings. The fourth-order valence-corrected chi connectivity index (χ4v) is 3.48. The first-order valence-corrected chi connectivity index (χ1v) is 9.93. The quantitative estimate of drug-likeness (QED) is 0.728. The van der Waals surface area contributed by atoms with Crippen molar-refractivity contribution >= 4 is 21.6 Å². The number of sulfonamides is 1. The van der Waals surface area contributed by atoms with E-state index in [0.29, 0.717) is 37.6 Å². The Morgan fingerprint density at radius 1 is 1.31 bits per heavy atom. The molecule has 2 rings (SSSR count). The van der Waals surface area contributed by atoms with Gasteiger partial charge in [0.15, 0.2) is 0 Å². The van der Waals surface area contributed by atoms with Crippen molar-refractivity contribution in [1.82, 2.24) is 9.62 Å². The average molecular weight is 385 g/mol. The molecule has 1 aromatic carbocycles. The van der Waals surface area contributed by atoms with E-state index in [-0.39, 0.29) is 17.3 Å². The van der Waals surface area contributed by atoms with E-state index in [1.165, 1.54) is 26.2 Å². The largest absolute Gasteiger partial charge is 0.378 e. The number of ether oxygens (including phenoxy) is 1. The molecule has 1 aliphatic rings. The zero-order valence-electron chi connectivity index (χ0n) is 15.8. The fraction of sp³-hybridized carbons (Fsp3) is 0.588. The van der Waals surface area contributed by atoms with Crippen molar-refractivity contribution in [3.05, 3.63) is 23.8 Å². The van der Waals surface area contributed by atoms with Crippen LogP contribution in [0.4, 0.5) is 5.69 Å². The van der Waals surface area contributed by atoms with Crippen LogP contribution in [-0.2, 0) is 14.8 Å². The molecule has 1 aromatic rings. The molecule has 26 heavy (non-hydrogen) atoms. The Morgan fingerprint density at radius 2 is 1.92 bits per heavy atom. The number of nitrogens with two attached hydrogens (primary N) is 1. The zero-order chi connectivity index (χ0) is 19.5. The highest BCUT2D eigenvalue weighted by Crippen LogP contribution is 2.26. The summed E-state index contributed by atoms with van der Waals surface area (Å²) in [5.74, 6) is -0.346. The number of carbonyl (C=O) groups is 1. The van der Waals surface area contributed by atoms with Gasteiger partial charge in [-0.2, -0.15) is 0 Å². The lowest BCUT2D eigenvalue weighted by Gasteiger charge is -2.31. The van der Waals surface area contributed by atoms with Crippen LogP contribution in [0.1, 0.15) is 24.2 Å². The van der Waals surface area contributed by atoms with Crippen LogP contribution in [0.25, 0.3) is 0 Å². The fourth-order valence-electron chi connectivity index (χ4n) is 2.55. The number of rotatable bonds is 6. The van der Waals surface area contributed by atoms with Crippen LogP contribution in [0, 0.1) is 0 Å². The van der Waals surface area contributed by atoms with Crippen LogP contribution in [0.15, 0.2) is 23.1 Å². The maximum absolute atomic E-state index is 12.8. The second-order valence-electron chi connectivity index (χ2n) is 7.24. The highest BCUT2D eigenvalue weighted by molar-refractivity contribution is 7.89. The van der Waals surface area contributed by atoms with Gasteiger partial charge in [0.2, 0.25) is 10.0 Å². The highest BCUT2D eigenvalue weighted by atomic mass is 32.2. The van der Waals surface area contributed by atoms with Crippen molar-refractivity contribution in [2.24, 2.45) is 5.73 Å². The summed E-state index contributed by atoms with van der Waals surface area (Å²) in [7, 11) is -0.718. The summed E-state index contributed by atoms with van der Waals surface area (Å²) in [4.78, 5) is 14.9. The topological polar surface area (TPSA) is 105 Å². The summed E-state index contributed by atoms with van der Waals surface area (Å²) in [5, 5.41) is 2.80.